The van der Waals surface area contributed by atoms with Crippen molar-refractivity contribution in [2.75, 3.05) is 29.5 Å². The first kappa shape index (κ1) is 37.0. The van der Waals surface area contributed by atoms with Crippen molar-refractivity contribution in [3.63, 3.8) is 0 Å². The number of carbonyl (C=O) groups is 2. The Kier molecular flexibility index (Phi) is 10.4. The molecule has 2 saturated heterocycles. The number of hydrogen-bond donors (Lipinski definition) is 1. The third-order valence-corrected chi connectivity index (χ3v) is 12.1. The molecular weight excluding hydrogens is 730 g/mol. The fraction of sp³-hybridized carbons (Fsp3) is 0.425. The molecule has 0 radical (unpaired) electrons. The molecule has 2 aliphatic heterocycles. The van der Waals surface area contributed by atoms with Gasteiger partial charge in [-0.2, -0.15) is 25.1 Å². The van der Waals surface area contributed by atoms with Crippen LogP contribution in [0.5, 0.6) is 0 Å². The Morgan fingerprint density at radius 2 is 1.77 bits per heavy atom. The number of piperidine rings is 1. The molecule has 3 fully saturated rings. The van der Waals surface area contributed by atoms with Gasteiger partial charge in [-0.15, -0.1) is 16.7 Å². The van der Waals surface area contributed by atoms with Gasteiger partial charge >= 0.3 is 0 Å². The maximum Gasteiger partial charge on any atom is 0.234 e. The summed E-state index contributed by atoms with van der Waals surface area (Å²) in [5.41, 5.74) is 4.52. The predicted octanol–water partition coefficient (Wildman–Crippen LogP) is 5.03. The Morgan fingerprint density at radius 3 is 2.46 bits per heavy atom. The largest absolute Gasteiger partial charge is 0.367 e. The molecular formula is C40H42ClN13O2. The molecule has 16 heteroatoms. The summed E-state index contributed by atoms with van der Waals surface area (Å²) >= 11 is 7.07. The molecule has 15 nitrogen and oxygen atoms in total. The average molecular weight is 772 g/mol. The number of fused-ring (bicyclic) bond motifs is 1. The zero-order valence-electron chi connectivity index (χ0n) is 31.2. The number of nitrogens with zero attached hydrogens (tertiary/aromatic N) is 12. The van der Waals surface area contributed by atoms with E-state index in [-0.39, 0.29) is 29.2 Å². The van der Waals surface area contributed by atoms with E-state index in [9.17, 15) is 20.1 Å². The van der Waals surface area contributed by atoms with Crippen LogP contribution in [0.3, 0.4) is 0 Å². The highest BCUT2D eigenvalue weighted by Gasteiger charge is 2.36. The Labute approximate surface area is 329 Å². The number of nitrogens with one attached hydrogen (secondary N) is 1. The lowest BCUT2D eigenvalue weighted by Crippen LogP contribution is -2.55. The van der Waals surface area contributed by atoms with E-state index in [1.807, 2.05) is 37.4 Å². The van der Waals surface area contributed by atoms with Gasteiger partial charge in [0, 0.05) is 55.3 Å². The predicted molar refractivity (Wildman–Crippen MR) is 209 cm³/mol. The van der Waals surface area contributed by atoms with Crippen molar-refractivity contribution in [2.45, 2.75) is 81.8 Å². The van der Waals surface area contributed by atoms with E-state index in [4.69, 9.17) is 11.6 Å². The molecule has 6 heterocycles. The van der Waals surface area contributed by atoms with Crippen LogP contribution in [0.1, 0.15) is 81.0 Å². The molecule has 5 aromatic rings. The highest BCUT2D eigenvalue weighted by atomic mass is 35.5. The van der Waals surface area contributed by atoms with Crippen molar-refractivity contribution in [1.82, 2.24) is 45.1 Å². The number of imide groups is 1. The molecule has 286 valence electrons. The van der Waals surface area contributed by atoms with Crippen LogP contribution in [0.25, 0.3) is 16.9 Å². The Hall–Kier alpha value is -5.90. The average Bonchev–Trinajstić information content (AvgIpc) is 3.89. The van der Waals surface area contributed by atoms with Crippen molar-refractivity contribution >= 4 is 45.8 Å². The summed E-state index contributed by atoms with van der Waals surface area (Å²) in [4.78, 5) is 39.3. The van der Waals surface area contributed by atoms with Gasteiger partial charge in [0.2, 0.25) is 11.8 Å². The Balaban J connectivity index is 0.869. The van der Waals surface area contributed by atoms with E-state index in [0.717, 1.165) is 61.1 Å². The molecule has 1 saturated carbocycles. The van der Waals surface area contributed by atoms with E-state index in [2.05, 4.69) is 71.7 Å². The van der Waals surface area contributed by atoms with E-state index in [1.165, 1.54) is 6.20 Å². The molecule has 4 aromatic heterocycles. The fourth-order valence-electron chi connectivity index (χ4n) is 8.47. The van der Waals surface area contributed by atoms with Crippen molar-refractivity contribution in [3.05, 3.63) is 84.1 Å². The number of benzene rings is 1. The number of halogens is 1. The van der Waals surface area contributed by atoms with Gasteiger partial charge in [0.05, 0.1) is 47.5 Å². The van der Waals surface area contributed by atoms with Gasteiger partial charge in [-0.05, 0) is 93.0 Å². The van der Waals surface area contributed by atoms with Gasteiger partial charge in [-0.25, -0.2) is 15.0 Å². The molecule has 1 N–H and O–H groups in total. The maximum absolute atomic E-state index is 12.3. The first-order valence-corrected chi connectivity index (χ1v) is 19.5. The summed E-state index contributed by atoms with van der Waals surface area (Å²) < 4.78 is 1.62. The number of nitriles is 2. The number of anilines is 2. The zero-order valence-corrected chi connectivity index (χ0v) is 32.0. The summed E-state index contributed by atoms with van der Waals surface area (Å²) in [6.45, 7) is 6.54. The van der Waals surface area contributed by atoms with Gasteiger partial charge in [0.25, 0.3) is 0 Å². The number of piperazine rings is 1. The van der Waals surface area contributed by atoms with E-state index in [1.54, 1.807) is 32.9 Å². The summed E-state index contributed by atoms with van der Waals surface area (Å²) in [5, 5.41) is 37.6. The molecule has 3 aliphatic rings. The number of rotatable bonds is 9. The molecule has 0 bridgehead atoms. The SMILES string of the molecule is CC(C1CCC(c2cn(N(c3ccc(-n4ncc5cc(C#N)cnc54)nc3)[C@H](C)C#N)nn2)CC1)N1CCN(c2ccc([C@H]3CCC(=O)NC3=O)cc2)C[C@H]1Cl. The molecule has 4 atom stereocenters. The number of pyridine rings is 2. The van der Waals surface area contributed by atoms with Crippen molar-refractivity contribution in [3.8, 4) is 18.0 Å². The monoisotopic (exact) mass is 771 g/mol. The van der Waals surface area contributed by atoms with E-state index < -0.39 is 6.04 Å². The molecule has 0 spiro atoms. The lowest BCUT2D eigenvalue weighted by molar-refractivity contribution is -0.134. The summed E-state index contributed by atoms with van der Waals surface area (Å²) in [5.74, 6) is 0.617. The Morgan fingerprint density at radius 1 is 0.964 bits per heavy atom. The van der Waals surface area contributed by atoms with Crippen molar-refractivity contribution < 1.29 is 9.59 Å². The van der Waals surface area contributed by atoms with Gasteiger partial charge in [0.15, 0.2) is 11.5 Å². The van der Waals surface area contributed by atoms with E-state index in [0.29, 0.717) is 54.1 Å². The first-order chi connectivity index (χ1) is 27.2. The van der Waals surface area contributed by atoms with Crippen LogP contribution in [-0.4, -0.2) is 88.8 Å². The molecule has 2 amide bonds. The van der Waals surface area contributed by atoms with Crippen LogP contribution in [0.4, 0.5) is 11.4 Å². The summed E-state index contributed by atoms with van der Waals surface area (Å²) in [7, 11) is 0. The van der Waals surface area contributed by atoms with Crippen LogP contribution >= 0.6 is 11.6 Å². The lowest BCUT2D eigenvalue weighted by atomic mass is 9.77. The van der Waals surface area contributed by atoms with Crippen LogP contribution in [0.15, 0.2) is 67.3 Å². The summed E-state index contributed by atoms with van der Waals surface area (Å²) in [6.07, 6.45) is 11.8. The molecule has 1 unspecified atom stereocenters. The second-order valence-electron chi connectivity index (χ2n) is 15.0. The van der Waals surface area contributed by atoms with Crippen molar-refractivity contribution in [1.29, 1.82) is 10.5 Å². The van der Waals surface area contributed by atoms with Crippen LogP contribution in [0, 0.1) is 28.6 Å². The second kappa shape index (κ2) is 15.7. The highest BCUT2D eigenvalue weighted by Crippen LogP contribution is 2.39. The minimum Gasteiger partial charge on any atom is -0.367 e. The quantitative estimate of drug-likeness (QED) is 0.120. The van der Waals surface area contributed by atoms with Crippen LogP contribution in [-0.2, 0) is 9.59 Å². The molecule has 1 aromatic carbocycles. The second-order valence-corrected chi connectivity index (χ2v) is 15.5. The maximum atomic E-state index is 12.3. The first-order valence-electron chi connectivity index (χ1n) is 19.1. The number of amides is 2. The topological polar surface area (TPSA) is 178 Å². The van der Waals surface area contributed by atoms with Crippen molar-refractivity contribution in [2.24, 2.45) is 5.92 Å². The van der Waals surface area contributed by atoms with Gasteiger partial charge < -0.3 is 4.90 Å². The van der Waals surface area contributed by atoms with Crippen LogP contribution < -0.4 is 15.2 Å². The minimum atomic E-state index is -0.549. The summed E-state index contributed by atoms with van der Waals surface area (Å²) in [6, 6.07) is 17.7. The lowest BCUT2D eigenvalue weighted by Gasteiger charge is -2.46. The van der Waals surface area contributed by atoms with Gasteiger partial charge in [-0.3, -0.25) is 19.8 Å². The number of carbonyl (C=O) groups excluding carboxylic acids is 2. The Bertz CT molecular complexity index is 2300. The van der Waals surface area contributed by atoms with Gasteiger partial charge in [0.1, 0.15) is 17.6 Å². The third kappa shape index (κ3) is 7.28. The molecule has 1 aliphatic carbocycles. The van der Waals surface area contributed by atoms with E-state index >= 15 is 0 Å². The normalized spacial score (nSPS) is 22.9. The number of hydrogen-bond acceptors (Lipinski definition) is 12. The fourth-order valence-corrected chi connectivity index (χ4v) is 8.91. The zero-order chi connectivity index (χ0) is 38.9. The molecule has 56 heavy (non-hydrogen) atoms. The number of alkyl halides is 1. The minimum absolute atomic E-state index is 0.129. The highest BCUT2D eigenvalue weighted by molar-refractivity contribution is 6.20. The standard InChI is InChI=1S/C40H42ClN13O2/c1-25(18-42)54(33-11-13-37(44-22-33)53-39-31(21-46-53)17-27(19-43)20-45-39)52-23-35(48-49-52)30-5-3-28(4-6-30)26(2)51-16-15-50(24-36(51)41)32-9-7-29(8-10-32)34-12-14-38(55)47-40(34)56/h7-11,13,17,20-23,25-26,28,30,34,36H,3-6,12,14-16,24H2,1-2H3,(H,47,55,56)/t25-,26?,28?,30?,34-,36+/m1/s1. The van der Waals surface area contributed by atoms with Crippen LogP contribution in [0.2, 0.25) is 0 Å². The number of aromatic nitrogens is 7. The smallest absolute Gasteiger partial charge is 0.234 e. The molecule has 8 rings (SSSR count). The van der Waals surface area contributed by atoms with Gasteiger partial charge in [-0.1, -0.05) is 12.1 Å². The third-order valence-electron chi connectivity index (χ3n) is 11.7.